The Bertz CT molecular complexity index is 544. The van der Waals surface area contributed by atoms with Crippen LogP contribution in [0.4, 0.5) is 5.69 Å². The molecule has 0 atom stereocenters. The van der Waals surface area contributed by atoms with Crippen LogP contribution in [0.15, 0.2) is 18.2 Å². The molecule has 0 bridgehead atoms. The molecule has 0 aromatic heterocycles. The Balaban J connectivity index is 1.95. The molecule has 20 heavy (non-hydrogen) atoms. The van der Waals surface area contributed by atoms with Crippen LogP contribution in [0, 0.1) is 24.2 Å². The molecule has 2 fully saturated rings. The van der Waals surface area contributed by atoms with Crippen molar-refractivity contribution in [3.05, 3.63) is 23.8 Å². The number of fused-ring (bicyclic) bond motifs is 1. The van der Waals surface area contributed by atoms with Gasteiger partial charge < -0.3 is 9.64 Å². The number of carbonyl (C=O) groups excluding carboxylic acids is 1. The second kappa shape index (κ2) is 4.51. The number of ether oxygens (including phenoxy) is 1. The van der Waals surface area contributed by atoms with Crippen molar-refractivity contribution in [2.24, 2.45) is 17.3 Å². The first-order valence-corrected chi connectivity index (χ1v) is 7.44. The van der Waals surface area contributed by atoms with E-state index >= 15 is 0 Å². The molecule has 1 aromatic rings. The molecular formula is C17H23NO2. The summed E-state index contributed by atoms with van der Waals surface area (Å²) >= 11 is 0. The third kappa shape index (κ3) is 2.09. The van der Waals surface area contributed by atoms with Crippen LogP contribution in [0.1, 0.15) is 32.3 Å². The lowest BCUT2D eigenvalue weighted by Gasteiger charge is -2.28. The van der Waals surface area contributed by atoms with Crippen molar-refractivity contribution < 1.29 is 9.53 Å². The summed E-state index contributed by atoms with van der Waals surface area (Å²) in [5.41, 5.74) is 2.09. The van der Waals surface area contributed by atoms with Crippen molar-refractivity contribution in [2.75, 3.05) is 18.6 Å². The standard InChI is InChI=1S/C17H23NO2/c1-11(2)10-18(16(19)17-8-13(17)9-17)14-7-12(3)5-6-15(14)20-4/h5-7,11,13H,8-10H2,1-4H3. The molecule has 108 valence electrons. The van der Waals surface area contributed by atoms with E-state index in [1.165, 1.54) is 0 Å². The van der Waals surface area contributed by atoms with Crippen molar-refractivity contribution in [2.45, 2.75) is 33.6 Å². The Morgan fingerprint density at radius 3 is 2.60 bits per heavy atom. The van der Waals surface area contributed by atoms with E-state index in [0.717, 1.165) is 36.4 Å². The number of carbonyl (C=O) groups is 1. The molecule has 3 nitrogen and oxygen atoms in total. The minimum Gasteiger partial charge on any atom is -0.495 e. The summed E-state index contributed by atoms with van der Waals surface area (Å²) in [5, 5.41) is 0. The summed E-state index contributed by atoms with van der Waals surface area (Å²) in [4.78, 5) is 14.8. The number of aryl methyl sites for hydroxylation is 1. The molecule has 2 saturated carbocycles. The highest BCUT2D eigenvalue weighted by Gasteiger charge is 2.75. The van der Waals surface area contributed by atoms with Gasteiger partial charge in [-0.05, 0) is 49.3 Å². The highest BCUT2D eigenvalue weighted by molar-refractivity contribution is 6.03. The number of methoxy groups -OCH3 is 1. The van der Waals surface area contributed by atoms with Gasteiger partial charge in [-0.2, -0.15) is 0 Å². The van der Waals surface area contributed by atoms with Crippen LogP contribution in [-0.2, 0) is 4.79 Å². The maximum Gasteiger partial charge on any atom is 0.233 e. The van der Waals surface area contributed by atoms with Gasteiger partial charge in [0.05, 0.1) is 18.2 Å². The second-order valence-electron chi connectivity index (χ2n) is 6.75. The molecule has 2 aliphatic carbocycles. The van der Waals surface area contributed by atoms with E-state index in [4.69, 9.17) is 4.74 Å². The topological polar surface area (TPSA) is 29.5 Å². The largest absolute Gasteiger partial charge is 0.495 e. The fourth-order valence-electron chi connectivity index (χ4n) is 2.99. The Hall–Kier alpha value is -1.51. The maximum atomic E-state index is 12.9. The van der Waals surface area contributed by atoms with Crippen molar-refractivity contribution in [3.8, 4) is 5.75 Å². The van der Waals surface area contributed by atoms with Gasteiger partial charge in [-0.3, -0.25) is 4.79 Å². The van der Waals surface area contributed by atoms with Crippen LogP contribution in [0.25, 0.3) is 0 Å². The number of hydrogen-bond donors (Lipinski definition) is 0. The van der Waals surface area contributed by atoms with E-state index < -0.39 is 0 Å². The van der Waals surface area contributed by atoms with E-state index in [1.807, 2.05) is 17.0 Å². The van der Waals surface area contributed by atoms with Crippen LogP contribution < -0.4 is 9.64 Å². The van der Waals surface area contributed by atoms with Crippen molar-refractivity contribution in [1.29, 1.82) is 0 Å². The Morgan fingerprint density at radius 1 is 1.45 bits per heavy atom. The third-order valence-electron chi connectivity index (χ3n) is 4.53. The first-order valence-electron chi connectivity index (χ1n) is 7.44. The van der Waals surface area contributed by atoms with Gasteiger partial charge in [-0.1, -0.05) is 19.9 Å². The SMILES string of the molecule is COc1ccc(C)cc1N(CC(C)C)C(=O)C12CC1C2. The zero-order chi connectivity index (χ0) is 14.5. The Labute approximate surface area is 120 Å². The maximum absolute atomic E-state index is 12.9. The van der Waals surface area contributed by atoms with Crippen molar-refractivity contribution in [1.82, 2.24) is 0 Å². The Morgan fingerprint density at radius 2 is 2.10 bits per heavy atom. The van der Waals surface area contributed by atoms with Crippen LogP contribution in [0.2, 0.25) is 0 Å². The second-order valence-corrected chi connectivity index (χ2v) is 6.75. The predicted molar refractivity (Wildman–Crippen MR) is 80.1 cm³/mol. The zero-order valence-corrected chi connectivity index (χ0v) is 12.8. The number of nitrogens with zero attached hydrogens (tertiary/aromatic N) is 1. The van der Waals surface area contributed by atoms with Gasteiger partial charge >= 0.3 is 0 Å². The summed E-state index contributed by atoms with van der Waals surface area (Å²) in [6.07, 6.45) is 2.18. The van der Waals surface area contributed by atoms with E-state index in [1.54, 1.807) is 7.11 Å². The smallest absolute Gasteiger partial charge is 0.233 e. The van der Waals surface area contributed by atoms with Crippen LogP contribution >= 0.6 is 0 Å². The summed E-state index contributed by atoms with van der Waals surface area (Å²) in [7, 11) is 1.67. The first kappa shape index (κ1) is 13.5. The fraction of sp³-hybridized carbons (Fsp3) is 0.588. The average Bonchev–Trinajstić information content (AvgIpc) is 3.24. The lowest BCUT2D eigenvalue weighted by molar-refractivity contribution is -0.121. The molecule has 0 heterocycles. The van der Waals surface area contributed by atoms with Crippen LogP contribution in [-0.4, -0.2) is 19.6 Å². The van der Waals surface area contributed by atoms with Gasteiger partial charge in [0.2, 0.25) is 5.91 Å². The molecule has 1 aromatic carbocycles. The zero-order valence-electron chi connectivity index (χ0n) is 12.8. The molecule has 0 N–H and O–H groups in total. The summed E-state index contributed by atoms with van der Waals surface area (Å²) < 4.78 is 5.47. The molecule has 0 radical (unpaired) electrons. The molecule has 0 unspecified atom stereocenters. The third-order valence-corrected chi connectivity index (χ3v) is 4.53. The minimum absolute atomic E-state index is 0.00362. The number of anilines is 1. The first-order chi connectivity index (χ1) is 9.48. The summed E-state index contributed by atoms with van der Waals surface area (Å²) in [5.74, 6) is 2.20. The summed E-state index contributed by atoms with van der Waals surface area (Å²) in [6, 6.07) is 6.05. The fourth-order valence-corrected chi connectivity index (χ4v) is 2.99. The van der Waals surface area contributed by atoms with E-state index in [0.29, 0.717) is 17.7 Å². The number of rotatable bonds is 5. The van der Waals surface area contributed by atoms with Gasteiger partial charge in [-0.25, -0.2) is 0 Å². The summed E-state index contributed by atoms with van der Waals surface area (Å²) in [6.45, 7) is 7.11. The van der Waals surface area contributed by atoms with Gasteiger partial charge in [-0.15, -0.1) is 0 Å². The van der Waals surface area contributed by atoms with Gasteiger partial charge in [0.15, 0.2) is 0 Å². The Kier molecular flexibility index (Phi) is 3.03. The quantitative estimate of drug-likeness (QED) is 0.823. The highest BCUT2D eigenvalue weighted by Crippen LogP contribution is 2.76. The highest BCUT2D eigenvalue weighted by atomic mass is 16.5. The molecule has 1 amide bonds. The van der Waals surface area contributed by atoms with Gasteiger partial charge in [0.1, 0.15) is 5.75 Å². The van der Waals surface area contributed by atoms with Gasteiger partial charge in [0.25, 0.3) is 0 Å². The number of benzene rings is 1. The molecular weight excluding hydrogens is 250 g/mol. The lowest BCUT2D eigenvalue weighted by atomic mass is 10.1. The average molecular weight is 273 g/mol. The van der Waals surface area contributed by atoms with Crippen molar-refractivity contribution >= 4 is 11.6 Å². The van der Waals surface area contributed by atoms with Crippen molar-refractivity contribution in [3.63, 3.8) is 0 Å². The number of hydrogen-bond acceptors (Lipinski definition) is 2. The van der Waals surface area contributed by atoms with Crippen LogP contribution in [0.3, 0.4) is 0 Å². The molecule has 3 rings (SSSR count). The number of amides is 1. The molecule has 3 heteroatoms. The molecule has 0 spiro atoms. The van der Waals surface area contributed by atoms with Crippen LogP contribution in [0.5, 0.6) is 5.75 Å². The normalized spacial score (nSPS) is 26.1. The lowest BCUT2D eigenvalue weighted by Crippen LogP contribution is -2.37. The molecule has 0 saturated heterocycles. The molecule has 2 aliphatic rings. The van der Waals surface area contributed by atoms with E-state index in [-0.39, 0.29) is 5.41 Å². The monoisotopic (exact) mass is 273 g/mol. The predicted octanol–water partition coefficient (Wildman–Crippen LogP) is 3.40. The van der Waals surface area contributed by atoms with E-state index in [9.17, 15) is 4.79 Å². The van der Waals surface area contributed by atoms with Gasteiger partial charge in [0, 0.05) is 6.54 Å². The minimum atomic E-state index is 0.00362. The molecule has 0 aliphatic heterocycles. The van der Waals surface area contributed by atoms with E-state index in [2.05, 4.69) is 26.8 Å².